The van der Waals surface area contributed by atoms with E-state index < -0.39 is 5.97 Å². The van der Waals surface area contributed by atoms with E-state index in [-0.39, 0.29) is 6.42 Å². The van der Waals surface area contributed by atoms with Crippen molar-refractivity contribution in [3.8, 4) is 0 Å². The van der Waals surface area contributed by atoms with Crippen LogP contribution in [0.4, 0.5) is 0 Å². The fourth-order valence-corrected chi connectivity index (χ4v) is 1.54. The molecule has 0 bridgehead atoms. The molecule has 0 radical (unpaired) electrons. The number of hydrogen-bond acceptors (Lipinski definition) is 3. The number of aliphatic carboxylic acids is 1. The summed E-state index contributed by atoms with van der Waals surface area (Å²) in [6, 6.07) is 7.45. The Kier molecular flexibility index (Phi) is 2.95. The monoisotopic (exact) mass is 217 g/mol. The zero-order valence-electron chi connectivity index (χ0n) is 8.58. The van der Waals surface area contributed by atoms with Crippen LogP contribution in [0, 0.1) is 0 Å². The van der Waals surface area contributed by atoms with Crippen molar-refractivity contribution in [2.75, 3.05) is 0 Å². The van der Waals surface area contributed by atoms with Gasteiger partial charge in [0, 0.05) is 0 Å². The van der Waals surface area contributed by atoms with Gasteiger partial charge < -0.3 is 5.11 Å². The summed E-state index contributed by atoms with van der Waals surface area (Å²) < 4.78 is 1.67. The summed E-state index contributed by atoms with van der Waals surface area (Å²) >= 11 is 0. The highest BCUT2D eigenvalue weighted by Gasteiger charge is 2.06. The van der Waals surface area contributed by atoms with Gasteiger partial charge >= 0.3 is 5.97 Å². The molecule has 0 atom stereocenters. The molecule has 2 rings (SSSR count). The van der Waals surface area contributed by atoms with E-state index in [1.54, 1.807) is 11.0 Å². The fraction of sp³-hybridized carbons (Fsp3) is 0.182. The second kappa shape index (κ2) is 4.57. The Morgan fingerprint density at radius 3 is 2.69 bits per heavy atom. The van der Waals surface area contributed by atoms with Crippen molar-refractivity contribution in [2.24, 2.45) is 0 Å². The van der Waals surface area contributed by atoms with Gasteiger partial charge in [0.2, 0.25) is 0 Å². The first-order chi connectivity index (χ1) is 7.75. The summed E-state index contributed by atoms with van der Waals surface area (Å²) in [5.74, 6) is -0.828. The lowest BCUT2D eigenvalue weighted by atomic mass is 10.0. The largest absolute Gasteiger partial charge is 0.481 e. The molecular weight excluding hydrogens is 206 g/mol. The Labute approximate surface area is 92.4 Å². The maximum Gasteiger partial charge on any atom is 0.307 e. The SMILES string of the molecule is O=C(O)Cc1ccccc1Cn1cncn1. The van der Waals surface area contributed by atoms with Crippen LogP contribution in [0.3, 0.4) is 0 Å². The number of carboxylic acid groups (broad SMARTS) is 1. The van der Waals surface area contributed by atoms with E-state index in [1.165, 1.54) is 6.33 Å². The van der Waals surface area contributed by atoms with Crippen molar-refractivity contribution in [3.05, 3.63) is 48.0 Å². The maximum absolute atomic E-state index is 10.7. The van der Waals surface area contributed by atoms with Crippen molar-refractivity contribution in [3.63, 3.8) is 0 Å². The Morgan fingerprint density at radius 1 is 1.31 bits per heavy atom. The summed E-state index contributed by atoms with van der Waals surface area (Å²) in [6.07, 6.45) is 3.10. The number of benzene rings is 1. The van der Waals surface area contributed by atoms with Crippen LogP contribution in [0.15, 0.2) is 36.9 Å². The van der Waals surface area contributed by atoms with Crippen molar-refractivity contribution in [1.29, 1.82) is 0 Å². The second-order valence-corrected chi connectivity index (χ2v) is 3.43. The van der Waals surface area contributed by atoms with Crippen LogP contribution in [0.25, 0.3) is 0 Å². The molecule has 0 fully saturated rings. The number of nitrogens with zero attached hydrogens (tertiary/aromatic N) is 3. The molecule has 0 spiro atoms. The number of hydrogen-bond donors (Lipinski definition) is 1. The Bertz CT molecular complexity index is 480. The molecule has 0 saturated heterocycles. The molecule has 0 aliphatic carbocycles. The summed E-state index contributed by atoms with van der Waals surface area (Å²) in [4.78, 5) is 14.5. The molecule has 5 nitrogen and oxygen atoms in total. The molecular formula is C11H11N3O2. The molecule has 1 N–H and O–H groups in total. The van der Waals surface area contributed by atoms with Gasteiger partial charge in [-0.25, -0.2) is 9.67 Å². The molecule has 1 aromatic carbocycles. The third-order valence-electron chi connectivity index (χ3n) is 2.26. The third-order valence-corrected chi connectivity index (χ3v) is 2.26. The zero-order valence-corrected chi connectivity index (χ0v) is 8.58. The summed E-state index contributed by atoms with van der Waals surface area (Å²) in [6.45, 7) is 0.545. The van der Waals surface area contributed by atoms with E-state index in [9.17, 15) is 4.79 Å². The Morgan fingerprint density at radius 2 is 2.06 bits per heavy atom. The fourth-order valence-electron chi connectivity index (χ4n) is 1.54. The normalized spacial score (nSPS) is 10.2. The van der Waals surface area contributed by atoms with Gasteiger partial charge in [-0.05, 0) is 11.1 Å². The standard InChI is InChI=1S/C11H11N3O2/c15-11(16)5-9-3-1-2-4-10(9)6-14-8-12-7-13-14/h1-4,7-8H,5-6H2,(H,15,16). The smallest absolute Gasteiger partial charge is 0.307 e. The molecule has 0 amide bonds. The van der Waals surface area contributed by atoms with Gasteiger partial charge in [-0.2, -0.15) is 5.10 Å². The second-order valence-electron chi connectivity index (χ2n) is 3.43. The van der Waals surface area contributed by atoms with Gasteiger partial charge in [-0.1, -0.05) is 24.3 Å². The first-order valence-corrected chi connectivity index (χ1v) is 4.86. The average Bonchev–Trinajstić information content (AvgIpc) is 2.73. The van der Waals surface area contributed by atoms with Crippen molar-refractivity contribution in [1.82, 2.24) is 14.8 Å². The first kappa shape index (κ1) is 10.4. The third kappa shape index (κ3) is 2.44. The lowest BCUT2D eigenvalue weighted by molar-refractivity contribution is -0.136. The quantitative estimate of drug-likeness (QED) is 0.828. The predicted molar refractivity (Wildman–Crippen MR) is 56.9 cm³/mol. The molecule has 5 heteroatoms. The molecule has 0 saturated carbocycles. The van der Waals surface area contributed by atoms with Gasteiger partial charge in [-0.15, -0.1) is 0 Å². The van der Waals surface area contributed by atoms with Crippen molar-refractivity contribution in [2.45, 2.75) is 13.0 Å². The van der Waals surface area contributed by atoms with Crippen LogP contribution < -0.4 is 0 Å². The van der Waals surface area contributed by atoms with Crippen LogP contribution in [0.5, 0.6) is 0 Å². The molecule has 16 heavy (non-hydrogen) atoms. The van der Waals surface area contributed by atoms with Crippen LogP contribution >= 0.6 is 0 Å². The zero-order chi connectivity index (χ0) is 11.4. The molecule has 0 unspecified atom stereocenters. The molecule has 1 heterocycles. The van der Waals surface area contributed by atoms with E-state index in [1.807, 2.05) is 24.3 Å². The molecule has 82 valence electrons. The van der Waals surface area contributed by atoms with E-state index in [2.05, 4.69) is 10.1 Å². The number of carbonyl (C=O) groups is 1. The van der Waals surface area contributed by atoms with E-state index in [0.29, 0.717) is 6.54 Å². The topological polar surface area (TPSA) is 68.0 Å². The highest BCUT2D eigenvalue weighted by molar-refractivity contribution is 5.70. The van der Waals surface area contributed by atoms with Crippen LogP contribution in [0.1, 0.15) is 11.1 Å². The van der Waals surface area contributed by atoms with Crippen molar-refractivity contribution < 1.29 is 9.90 Å². The molecule has 0 aliphatic rings. The molecule has 1 aromatic heterocycles. The lowest BCUT2D eigenvalue weighted by Gasteiger charge is -2.06. The van der Waals surface area contributed by atoms with Crippen LogP contribution in [-0.2, 0) is 17.8 Å². The predicted octanol–water partition coefficient (Wildman–Crippen LogP) is 0.954. The lowest BCUT2D eigenvalue weighted by Crippen LogP contribution is -2.07. The van der Waals surface area contributed by atoms with Gasteiger partial charge in [0.25, 0.3) is 0 Å². The van der Waals surface area contributed by atoms with E-state index in [4.69, 9.17) is 5.11 Å². The van der Waals surface area contributed by atoms with Gasteiger partial charge in [0.1, 0.15) is 12.7 Å². The van der Waals surface area contributed by atoms with E-state index in [0.717, 1.165) is 11.1 Å². The molecule has 2 aromatic rings. The Hall–Kier alpha value is -2.17. The summed E-state index contributed by atoms with van der Waals surface area (Å²) in [5.41, 5.74) is 1.76. The Balaban J connectivity index is 2.22. The average molecular weight is 217 g/mol. The molecule has 0 aliphatic heterocycles. The summed E-state index contributed by atoms with van der Waals surface area (Å²) in [5, 5.41) is 12.8. The minimum atomic E-state index is -0.828. The number of rotatable bonds is 4. The number of carboxylic acids is 1. The highest BCUT2D eigenvalue weighted by Crippen LogP contribution is 2.10. The minimum absolute atomic E-state index is 0.0326. The van der Waals surface area contributed by atoms with E-state index >= 15 is 0 Å². The van der Waals surface area contributed by atoms with Gasteiger partial charge in [-0.3, -0.25) is 4.79 Å². The number of aromatic nitrogens is 3. The van der Waals surface area contributed by atoms with Crippen LogP contribution in [0.2, 0.25) is 0 Å². The minimum Gasteiger partial charge on any atom is -0.481 e. The summed E-state index contributed by atoms with van der Waals surface area (Å²) in [7, 11) is 0. The van der Waals surface area contributed by atoms with Crippen molar-refractivity contribution >= 4 is 5.97 Å². The van der Waals surface area contributed by atoms with Gasteiger partial charge in [0.05, 0.1) is 13.0 Å². The highest BCUT2D eigenvalue weighted by atomic mass is 16.4. The maximum atomic E-state index is 10.7. The van der Waals surface area contributed by atoms with Crippen LogP contribution in [-0.4, -0.2) is 25.8 Å². The van der Waals surface area contributed by atoms with Gasteiger partial charge in [0.15, 0.2) is 0 Å². The first-order valence-electron chi connectivity index (χ1n) is 4.86.